The molecule has 0 saturated carbocycles. The van der Waals surface area contributed by atoms with Crippen molar-refractivity contribution in [1.82, 2.24) is 10.3 Å². The Morgan fingerprint density at radius 1 is 1.42 bits per heavy atom. The number of hydrogen-bond acceptors (Lipinski definition) is 4. The highest BCUT2D eigenvalue weighted by Gasteiger charge is 2.20. The Hall–Kier alpha value is -2.44. The average Bonchev–Trinajstić information content (AvgIpc) is 2.35. The van der Waals surface area contributed by atoms with E-state index in [2.05, 4.69) is 10.3 Å². The number of pyridine rings is 1. The van der Waals surface area contributed by atoms with Gasteiger partial charge in [0.25, 0.3) is 0 Å². The number of carboxylic acids is 1. The van der Waals surface area contributed by atoms with Crippen molar-refractivity contribution < 1.29 is 19.5 Å². The Bertz CT molecular complexity index is 461. The van der Waals surface area contributed by atoms with Crippen molar-refractivity contribution in [3.05, 3.63) is 30.1 Å². The lowest BCUT2D eigenvalue weighted by molar-refractivity contribution is -0.142. The van der Waals surface area contributed by atoms with E-state index in [1.165, 1.54) is 6.20 Å². The average molecular weight is 265 g/mol. The van der Waals surface area contributed by atoms with E-state index in [9.17, 15) is 14.4 Å². The fourth-order valence-electron chi connectivity index (χ4n) is 1.48. The van der Waals surface area contributed by atoms with Gasteiger partial charge in [-0.1, -0.05) is 6.07 Å². The summed E-state index contributed by atoms with van der Waals surface area (Å²) in [7, 11) is 0. The van der Waals surface area contributed by atoms with Gasteiger partial charge in [0, 0.05) is 18.8 Å². The van der Waals surface area contributed by atoms with Gasteiger partial charge in [-0.3, -0.25) is 14.6 Å². The van der Waals surface area contributed by atoms with Crippen LogP contribution in [0.25, 0.3) is 0 Å². The summed E-state index contributed by atoms with van der Waals surface area (Å²) in [6, 6.07) is 2.28. The molecule has 1 heterocycles. The van der Waals surface area contributed by atoms with Gasteiger partial charge in [-0.05, 0) is 18.1 Å². The molecule has 1 aromatic heterocycles. The number of carbonyl (C=O) groups is 3. The Kier molecular flexibility index (Phi) is 5.46. The molecule has 2 amide bonds. The molecule has 1 rings (SSSR count). The van der Waals surface area contributed by atoms with Crippen LogP contribution < -0.4 is 11.1 Å². The number of aliphatic carboxylic acids is 1. The Balaban J connectivity index is 2.52. The van der Waals surface area contributed by atoms with Crippen LogP contribution in [0.1, 0.15) is 18.4 Å². The number of amides is 2. The minimum Gasteiger partial charge on any atom is -0.480 e. The Morgan fingerprint density at radius 2 is 2.16 bits per heavy atom. The number of hydrogen-bond donors (Lipinski definition) is 3. The van der Waals surface area contributed by atoms with Crippen molar-refractivity contribution in [2.45, 2.75) is 25.3 Å². The predicted octanol–water partition coefficient (Wildman–Crippen LogP) is -0.541. The van der Waals surface area contributed by atoms with Crippen LogP contribution in [-0.2, 0) is 20.8 Å². The summed E-state index contributed by atoms with van der Waals surface area (Å²) >= 11 is 0. The van der Waals surface area contributed by atoms with Crippen LogP contribution in [0, 0.1) is 0 Å². The van der Waals surface area contributed by atoms with E-state index in [4.69, 9.17) is 10.8 Å². The van der Waals surface area contributed by atoms with Crippen LogP contribution in [0.2, 0.25) is 0 Å². The fourth-order valence-corrected chi connectivity index (χ4v) is 1.48. The molecule has 0 aliphatic carbocycles. The van der Waals surface area contributed by atoms with Crippen LogP contribution in [0.3, 0.4) is 0 Å². The summed E-state index contributed by atoms with van der Waals surface area (Å²) < 4.78 is 0. The Morgan fingerprint density at radius 3 is 2.68 bits per heavy atom. The lowest BCUT2D eigenvalue weighted by Crippen LogP contribution is -2.42. The third-order valence-electron chi connectivity index (χ3n) is 2.40. The van der Waals surface area contributed by atoms with E-state index in [0.29, 0.717) is 5.56 Å². The first kappa shape index (κ1) is 14.6. The van der Waals surface area contributed by atoms with Crippen LogP contribution in [0.5, 0.6) is 0 Å². The van der Waals surface area contributed by atoms with Crippen molar-refractivity contribution in [2.75, 3.05) is 0 Å². The smallest absolute Gasteiger partial charge is 0.326 e. The maximum Gasteiger partial charge on any atom is 0.326 e. The summed E-state index contributed by atoms with van der Waals surface area (Å²) in [6.45, 7) is 0. The number of nitrogens with one attached hydrogen (secondary N) is 1. The molecular weight excluding hydrogens is 250 g/mol. The number of carbonyl (C=O) groups excluding carboxylic acids is 2. The first-order valence-electron chi connectivity index (χ1n) is 5.68. The van der Waals surface area contributed by atoms with Gasteiger partial charge in [0.15, 0.2) is 0 Å². The number of rotatable bonds is 7. The summed E-state index contributed by atoms with van der Waals surface area (Å²) in [5, 5.41) is 11.3. The van der Waals surface area contributed by atoms with Crippen molar-refractivity contribution in [3.63, 3.8) is 0 Å². The highest BCUT2D eigenvalue weighted by molar-refractivity contribution is 5.85. The molecule has 19 heavy (non-hydrogen) atoms. The topological polar surface area (TPSA) is 122 Å². The van der Waals surface area contributed by atoms with Crippen LogP contribution in [0.15, 0.2) is 24.5 Å². The molecule has 0 aromatic carbocycles. The summed E-state index contributed by atoms with van der Waals surface area (Å²) in [5.74, 6) is -2.24. The lowest BCUT2D eigenvalue weighted by atomic mass is 10.1. The quantitative estimate of drug-likeness (QED) is 0.611. The molecule has 0 spiro atoms. The monoisotopic (exact) mass is 265 g/mol. The zero-order valence-corrected chi connectivity index (χ0v) is 10.2. The van der Waals surface area contributed by atoms with E-state index in [1.54, 1.807) is 18.3 Å². The minimum absolute atomic E-state index is 0.0244. The van der Waals surface area contributed by atoms with Crippen LogP contribution >= 0.6 is 0 Å². The van der Waals surface area contributed by atoms with Crippen molar-refractivity contribution >= 4 is 17.8 Å². The number of aromatic nitrogens is 1. The molecule has 1 atom stereocenters. The molecule has 0 saturated heterocycles. The Labute approximate surface area is 109 Å². The third-order valence-corrected chi connectivity index (χ3v) is 2.40. The van der Waals surface area contributed by atoms with E-state index in [0.717, 1.165) is 0 Å². The molecule has 0 aliphatic rings. The van der Waals surface area contributed by atoms with Crippen molar-refractivity contribution in [3.8, 4) is 0 Å². The van der Waals surface area contributed by atoms with Gasteiger partial charge in [-0.25, -0.2) is 4.79 Å². The fraction of sp³-hybridized carbons (Fsp3) is 0.333. The summed E-state index contributed by atoms with van der Waals surface area (Å²) in [4.78, 5) is 37.0. The second-order valence-corrected chi connectivity index (χ2v) is 4.00. The molecule has 0 bridgehead atoms. The molecule has 102 valence electrons. The van der Waals surface area contributed by atoms with Gasteiger partial charge in [0.1, 0.15) is 6.04 Å². The normalized spacial score (nSPS) is 11.6. The molecule has 0 aliphatic heterocycles. The number of primary amides is 1. The molecule has 4 N–H and O–H groups in total. The highest BCUT2D eigenvalue weighted by Crippen LogP contribution is 2.01. The van der Waals surface area contributed by atoms with Crippen molar-refractivity contribution in [1.29, 1.82) is 0 Å². The molecule has 7 heteroatoms. The molecule has 0 radical (unpaired) electrons. The van der Waals surface area contributed by atoms with Gasteiger partial charge in [0.05, 0.1) is 6.42 Å². The first-order valence-corrected chi connectivity index (χ1v) is 5.68. The second kappa shape index (κ2) is 7.10. The lowest BCUT2D eigenvalue weighted by Gasteiger charge is -2.13. The summed E-state index contributed by atoms with van der Waals surface area (Å²) in [5.41, 5.74) is 5.62. The molecular formula is C12H15N3O4. The highest BCUT2D eigenvalue weighted by atomic mass is 16.4. The SMILES string of the molecule is NC(=O)CC[C@@H](NC(=O)Cc1cccnc1)C(=O)O. The zero-order valence-electron chi connectivity index (χ0n) is 10.2. The number of carboxylic acid groups (broad SMARTS) is 1. The van der Waals surface area contributed by atoms with Gasteiger partial charge < -0.3 is 16.2 Å². The molecule has 0 fully saturated rings. The maximum absolute atomic E-state index is 11.7. The van der Waals surface area contributed by atoms with E-state index < -0.39 is 23.8 Å². The van der Waals surface area contributed by atoms with Gasteiger partial charge in [-0.15, -0.1) is 0 Å². The minimum atomic E-state index is -1.19. The zero-order chi connectivity index (χ0) is 14.3. The van der Waals surface area contributed by atoms with Crippen LogP contribution in [0.4, 0.5) is 0 Å². The standard InChI is InChI=1S/C12H15N3O4/c13-10(16)4-3-9(12(18)19)15-11(17)6-8-2-1-5-14-7-8/h1-2,5,7,9H,3-4,6H2,(H2,13,16)(H,15,17)(H,18,19)/t9-/m1/s1. The largest absolute Gasteiger partial charge is 0.480 e. The second-order valence-electron chi connectivity index (χ2n) is 4.00. The number of nitrogens with two attached hydrogens (primary N) is 1. The van der Waals surface area contributed by atoms with E-state index >= 15 is 0 Å². The molecule has 0 unspecified atom stereocenters. The summed E-state index contributed by atoms with van der Waals surface area (Å²) in [6.07, 6.45) is 3.02. The molecule has 1 aromatic rings. The van der Waals surface area contributed by atoms with Gasteiger partial charge in [-0.2, -0.15) is 0 Å². The van der Waals surface area contributed by atoms with E-state index in [-0.39, 0.29) is 19.3 Å². The predicted molar refractivity (Wildman–Crippen MR) is 65.9 cm³/mol. The van der Waals surface area contributed by atoms with Gasteiger partial charge in [0.2, 0.25) is 11.8 Å². The number of nitrogens with zero attached hydrogens (tertiary/aromatic N) is 1. The van der Waals surface area contributed by atoms with Crippen molar-refractivity contribution in [2.24, 2.45) is 5.73 Å². The van der Waals surface area contributed by atoms with Gasteiger partial charge >= 0.3 is 5.97 Å². The molecule has 7 nitrogen and oxygen atoms in total. The van der Waals surface area contributed by atoms with E-state index in [1.807, 2.05) is 0 Å². The maximum atomic E-state index is 11.7. The third kappa shape index (κ3) is 5.62. The van der Waals surface area contributed by atoms with Crippen LogP contribution in [-0.4, -0.2) is 33.9 Å². The first-order chi connectivity index (χ1) is 8.99.